The average molecular weight is 293 g/mol. The predicted molar refractivity (Wildman–Crippen MR) is 80.8 cm³/mol. The van der Waals surface area contributed by atoms with Crippen molar-refractivity contribution in [1.29, 1.82) is 0 Å². The van der Waals surface area contributed by atoms with Crippen LogP contribution in [0.15, 0.2) is 18.2 Å². The molecule has 3 nitrogen and oxygen atoms in total. The van der Waals surface area contributed by atoms with E-state index < -0.39 is 0 Å². The molecule has 0 radical (unpaired) electrons. The second-order valence-electron chi connectivity index (χ2n) is 5.84. The lowest BCUT2D eigenvalue weighted by atomic mass is 9.98. The van der Waals surface area contributed by atoms with Gasteiger partial charge in [-0.2, -0.15) is 0 Å². The minimum Gasteiger partial charge on any atom is -0.338 e. The monoisotopic (exact) mass is 292 g/mol. The van der Waals surface area contributed by atoms with Crippen LogP contribution in [0.5, 0.6) is 0 Å². The summed E-state index contributed by atoms with van der Waals surface area (Å²) in [6.45, 7) is 3.70. The minimum atomic E-state index is 0.294. The summed E-state index contributed by atoms with van der Waals surface area (Å²) in [7, 11) is 0. The summed E-state index contributed by atoms with van der Waals surface area (Å²) in [4.78, 5) is 14.3. The summed E-state index contributed by atoms with van der Waals surface area (Å²) in [5.74, 6) is 0.980. The Morgan fingerprint density at radius 2 is 2.35 bits per heavy atom. The normalized spacial score (nSPS) is 21.9. The first-order valence-corrected chi connectivity index (χ1v) is 7.86. The molecule has 20 heavy (non-hydrogen) atoms. The third-order valence-electron chi connectivity index (χ3n) is 4.49. The molecule has 0 bridgehead atoms. The second-order valence-corrected chi connectivity index (χ2v) is 6.25. The van der Waals surface area contributed by atoms with Crippen LogP contribution in [-0.2, 0) is 17.8 Å². The molecule has 1 unspecified atom stereocenters. The van der Waals surface area contributed by atoms with Crippen LogP contribution in [0, 0.1) is 5.92 Å². The van der Waals surface area contributed by atoms with Gasteiger partial charge < -0.3 is 10.2 Å². The number of carbonyl (C=O) groups is 1. The number of benzene rings is 1. The van der Waals surface area contributed by atoms with Gasteiger partial charge in [0, 0.05) is 24.5 Å². The first-order valence-electron chi connectivity index (χ1n) is 7.49. The number of fused-ring (bicyclic) bond motifs is 1. The Morgan fingerprint density at radius 3 is 3.15 bits per heavy atom. The maximum atomic E-state index is 12.3. The molecular weight excluding hydrogens is 272 g/mol. The smallest absolute Gasteiger partial charge is 0.222 e. The fourth-order valence-corrected chi connectivity index (χ4v) is 3.51. The van der Waals surface area contributed by atoms with Crippen molar-refractivity contribution in [3.8, 4) is 0 Å². The van der Waals surface area contributed by atoms with E-state index >= 15 is 0 Å². The summed E-state index contributed by atoms with van der Waals surface area (Å²) < 4.78 is 0. The van der Waals surface area contributed by atoms with Crippen LogP contribution < -0.4 is 5.32 Å². The molecule has 1 saturated heterocycles. The van der Waals surface area contributed by atoms with Gasteiger partial charge >= 0.3 is 0 Å². The highest BCUT2D eigenvalue weighted by atomic mass is 35.5. The fraction of sp³-hybridized carbons (Fsp3) is 0.562. The van der Waals surface area contributed by atoms with E-state index in [1.165, 1.54) is 17.5 Å². The summed E-state index contributed by atoms with van der Waals surface area (Å²) in [6, 6.07) is 5.99. The molecule has 2 heterocycles. The van der Waals surface area contributed by atoms with E-state index in [-0.39, 0.29) is 0 Å². The molecule has 2 aliphatic heterocycles. The van der Waals surface area contributed by atoms with Crippen LogP contribution in [0.1, 0.15) is 30.4 Å². The number of nitrogens with zero attached hydrogens (tertiary/aromatic N) is 1. The van der Waals surface area contributed by atoms with Crippen LogP contribution in [0.25, 0.3) is 0 Å². The molecule has 108 valence electrons. The molecule has 0 aliphatic carbocycles. The minimum absolute atomic E-state index is 0.294. The molecule has 4 heteroatoms. The molecular formula is C16H21ClN2O. The molecule has 1 aromatic rings. The maximum absolute atomic E-state index is 12.3. The number of rotatable bonds is 3. The van der Waals surface area contributed by atoms with Crippen molar-refractivity contribution in [2.24, 2.45) is 5.92 Å². The second kappa shape index (κ2) is 6.15. The molecule has 1 atom stereocenters. The highest BCUT2D eigenvalue weighted by molar-refractivity contribution is 6.31. The summed E-state index contributed by atoms with van der Waals surface area (Å²) in [6.07, 6.45) is 3.80. The number of halogens is 1. The molecule has 0 aromatic heterocycles. The highest BCUT2D eigenvalue weighted by Gasteiger charge is 2.23. The van der Waals surface area contributed by atoms with E-state index in [0.29, 0.717) is 18.2 Å². The van der Waals surface area contributed by atoms with Gasteiger partial charge in [-0.05, 0) is 55.5 Å². The lowest BCUT2D eigenvalue weighted by Crippen LogP contribution is -2.36. The Kier molecular flexibility index (Phi) is 4.27. The van der Waals surface area contributed by atoms with E-state index in [2.05, 4.69) is 11.4 Å². The number of nitrogens with one attached hydrogen (secondary N) is 1. The number of hydrogen-bond donors (Lipinski definition) is 1. The number of carbonyl (C=O) groups excluding carboxylic acids is 1. The Balaban J connectivity index is 1.57. The van der Waals surface area contributed by atoms with Crippen LogP contribution in [0.3, 0.4) is 0 Å². The van der Waals surface area contributed by atoms with Crippen molar-refractivity contribution in [3.05, 3.63) is 34.3 Å². The van der Waals surface area contributed by atoms with E-state index in [4.69, 9.17) is 11.6 Å². The van der Waals surface area contributed by atoms with Crippen LogP contribution in [0.2, 0.25) is 5.02 Å². The average Bonchev–Trinajstić information content (AvgIpc) is 2.98. The molecule has 1 aromatic carbocycles. The van der Waals surface area contributed by atoms with Gasteiger partial charge in [-0.3, -0.25) is 4.79 Å². The zero-order valence-corrected chi connectivity index (χ0v) is 12.5. The lowest BCUT2D eigenvalue weighted by molar-refractivity contribution is -0.132. The molecule has 0 saturated carbocycles. The molecule has 2 aliphatic rings. The molecule has 1 N–H and O–H groups in total. The molecule has 3 rings (SSSR count). The van der Waals surface area contributed by atoms with Crippen molar-refractivity contribution < 1.29 is 4.79 Å². The van der Waals surface area contributed by atoms with Gasteiger partial charge in [-0.25, -0.2) is 0 Å². The quantitative estimate of drug-likeness (QED) is 0.929. The van der Waals surface area contributed by atoms with Crippen LogP contribution in [-0.4, -0.2) is 30.4 Å². The Morgan fingerprint density at radius 1 is 1.45 bits per heavy atom. The van der Waals surface area contributed by atoms with Crippen LogP contribution >= 0.6 is 11.6 Å². The van der Waals surface area contributed by atoms with E-state index in [0.717, 1.165) is 44.0 Å². The van der Waals surface area contributed by atoms with E-state index in [1.54, 1.807) is 0 Å². The molecule has 1 fully saturated rings. The fourth-order valence-electron chi connectivity index (χ4n) is 3.22. The summed E-state index contributed by atoms with van der Waals surface area (Å²) in [5, 5.41) is 4.19. The number of amides is 1. The number of hydrogen-bond acceptors (Lipinski definition) is 2. The Bertz CT molecular complexity index is 497. The van der Waals surface area contributed by atoms with E-state index in [9.17, 15) is 4.79 Å². The topological polar surface area (TPSA) is 32.3 Å². The van der Waals surface area contributed by atoms with Crippen molar-refractivity contribution in [3.63, 3.8) is 0 Å². The van der Waals surface area contributed by atoms with Gasteiger partial charge in [-0.1, -0.05) is 23.7 Å². The van der Waals surface area contributed by atoms with Gasteiger partial charge in [0.05, 0.1) is 0 Å². The maximum Gasteiger partial charge on any atom is 0.222 e. The van der Waals surface area contributed by atoms with Crippen molar-refractivity contribution in [1.82, 2.24) is 10.2 Å². The van der Waals surface area contributed by atoms with Gasteiger partial charge in [0.2, 0.25) is 5.91 Å². The Labute approximate surface area is 125 Å². The summed E-state index contributed by atoms with van der Waals surface area (Å²) >= 11 is 6.21. The highest BCUT2D eigenvalue weighted by Crippen LogP contribution is 2.26. The third-order valence-corrected chi connectivity index (χ3v) is 4.84. The third kappa shape index (κ3) is 2.99. The van der Waals surface area contributed by atoms with Crippen LogP contribution in [0.4, 0.5) is 0 Å². The first-order chi connectivity index (χ1) is 9.74. The molecule has 1 amide bonds. The standard InChI is InChI=1S/C16H21ClN2O/c17-15-3-1-2-13-11-19(9-7-14(13)15)16(20)5-4-12-6-8-18-10-12/h1-3,12,18H,4-11H2. The SMILES string of the molecule is O=C(CCC1CCNC1)N1CCc2c(Cl)cccc2C1. The first kappa shape index (κ1) is 13.9. The lowest BCUT2D eigenvalue weighted by Gasteiger charge is -2.29. The van der Waals surface area contributed by atoms with Gasteiger partial charge in [0.15, 0.2) is 0 Å². The molecule has 0 spiro atoms. The van der Waals surface area contributed by atoms with Gasteiger partial charge in [0.1, 0.15) is 0 Å². The van der Waals surface area contributed by atoms with Gasteiger partial charge in [0.25, 0.3) is 0 Å². The Hall–Kier alpha value is -1.06. The van der Waals surface area contributed by atoms with Crippen molar-refractivity contribution >= 4 is 17.5 Å². The van der Waals surface area contributed by atoms with Crippen molar-refractivity contribution in [2.75, 3.05) is 19.6 Å². The van der Waals surface area contributed by atoms with Crippen molar-refractivity contribution in [2.45, 2.75) is 32.2 Å². The summed E-state index contributed by atoms with van der Waals surface area (Å²) in [5.41, 5.74) is 2.43. The zero-order chi connectivity index (χ0) is 13.9. The van der Waals surface area contributed by atoms with Gasteiger partial charge in [-0.15, -0.1) is 0 Å². The van der Waals surface area contributed by atoms with E-state index in [1.807, 2.05) is 17.0 Å². The largest absolute Gasteiger partial charge is 0.338 e. The predicted octanol–water partition coefficient (Wildman–Crippen LogP) is 2.61. The zero-order valence-electron chi connectivity index (χ0n) is 11.7.